The Morgan fingerprint density at radius 3 is 2.92 bits per heavy atom. The molecule has 7 nitrogen and oxygen atoms in total. The van der Waals surface area contributed by atoms with Crippen LogP contribution in [0.3, 0.4) is 0 Å². The summed E-state index contributed by atoms with van der Waals surface area (Å²) in [6, 6.07) is 7.20. The van der Waals surface area contributed by atoms with E-state index >= 15 is 0 Å². The number of carbonyl (C=O) groups excluding carboxylic acids is 1. The van der Waals surface area contributed by atoms with Crippen LogP contribution in [0.15, 0.2) is 43.0 Å². The fourth-order valence-corrected chi connectivity index (χ4v) is 3.43. The normalized spacial score (nSPS) is 15.3. The SMILES string of the molecule is N[C@@H](Cc1cnc[nH]1)C(=O)Nc1ccc(N2CCCC2)c2ncccc12. The van der Waals surface area contributed by atoms with Gasteiger partial charge in [0.25, 0.3) is 0 Å². The molecule has 1 fully saturated rings. The average Bonchev–Trinajstić information content (AvgIpc) is 3.36. The molecule has 0 unspecified atom stereocenters. The van der Waals surface area contributed by atoms with Gasteiger partial charge in [0, 0.05) is 43.0 Å². The van der Waals surface area contributed by atoms with Crippen molar-refractivity contribution in [2.24, 2.45) is 5.73 Å². The zero-order valence-electron chi connectivity index (χ0n) is 14.5. The zero-order chi connectivity index (χ0) is 17.9. The van der Waals surface area contributed by atoms with Gasteiger partial charge in [0.05, 0.1) is 29.3 Å². The fourth-order valence-electron chi connectivity index (χ4n) is 3.43. The first-order chi connectivity index (χ1) is 12.7. The van der Waals surface area contributed by atoms with Crippen molar-refractivity contribution in [2.75, 3.05) is 23.3 Å². The average molecular weight is 350 g/mol. The van der Waals surface area contributed by atoms with E-state index in [0.717, 1.165) is 41.1 Å². The molecule has 1 amide bonds. The van der Waals surface area contributed by atoms with Gasteiger partial charge < -0.3 is 20.9 Å². The van der Waals surface area contributed by atoms with Crippen LogP contribution >= 0.6 is 0 Å². The third-order valence-electron chi connectivity index (χ3n) is 4.78. The number of nitrogens with zero attached hydrogens (tertiary/aromatic N) is 3. The molecule has 1 saturated heterocycles. The summed E-state index contributed by atoms with van der Waals surface area (Å²) < 4.78 is 0. The molecule has 1 aliphatic heterocycles. The third kappa shape index (κ3) is 3.25. The van der Waals surface area contributed by atoms with Gasteiger partial charge in [0.1, 0.15) is 0 Å². The number of amides is 1. The van der Waals surface area contributed by atoms with E-state index < -0.39 is 6.04 Å². The van der Waals surface area contributed by atoms with Crippen LogP contribution in [0.5, 0.6) is 0 Å². The minimum Gasteiger partial charge on any atom is -0.370 e. The standard InChI is InChI=1S/C19H22N6O/c20-15(10-13-11-21-12-23-13)19(26)24-16-5-6-17(25-8-1-2-9-25)18-14(16)4-3-7-22-18/h3-7,11-12,15H,1-2,8-10,20H2,(H,21,23)(H,24,26)/t15-/m0/s1. The van der Waals surface area contributed by atoms with E-state index in [0.29, 0.717) is 6.42 Å². The predicted octanol–water partition coefficient (Wildman–Crippen LogP) is 2.07. The number of nitrogens with one attached hydrogen (secondary N) is 2. The number of H-pyrrole nitrogens is 1. The third-order valence-corrected chi connectivity index (χ3v) is 4.78. The maximum atomic E-state index is 12.5. The van der Waals surface area contributed by atoms with Crippen LogP contribution in [0.4, 0.5) is 11.4 Å². The lowest BCUT2D eigenvalue weighted by atomic mass is 10.1. The number of imidazole rings is 1. The first-order valence-corrected chi connectivity index (χ1v) is 8.89. The maximum absolute atomic E-state index is 12.5. The number of nitrogens with two attached hydrogens (primary N) is 1. The second-order valence-electron chi connectivity index (χ2n) is 6.60. The second-order valence-corrected chi connectivity index (χ2v) is 6.60. The number of fused-ring (bicyclic) bond motifs is 1. The van der Waals surface area contributed by atoms with Crippen LogP contribution in [0.2, 0.25) is 0 Å². The molecular formula is C19H22N6O. The Labute approximate surface area is 151 Å². The van der Waals surface area contributed by atoms with Crippen molar-refractivity contribution in [3.05, 3.63) is 48.7 Å². The largest absolute Gasteiger partial charge is 0.370 e. The molecule has 1 aliphatic rings. The lowest BCUT2D eigenvalue weighted by Gasteiger charge is -2.21. The molecule has 1 atom stereocenters. The second kappa shape index (κ2) is 7.13. The number of aromatic amines is 1. The van der Waals surface area contributed by atoms with Crippen molar-refractivity contribution < 1.29 is 4.79 Å². The summed E-state index contributed by atoms with van der Waals surface area (Å²) in [5, 5.41) is 3.89. The Morgan fingerprint density at radius 1 is 1.31 bits per heavy atom. The van der Waals surface area contributed by atoms with Gasteiger partial charge in [-0.2, -0.15) is 0 Å². The van der Waals surface area contributed by atoms with E-state index in [9.17, 15) is 4.79 Å². The van der Waals surface area contributed by atoms with Crippen molar-refractivity contribution in [2.45, 2.75) is 25.3 Å². The number of hydrogen-bond acceptors (Lipinski definition) is 5. The minimum absolute atomic E-state index is 0.223. The van der Waals surface area contributed by atoms with Crippen LogP contribution in [0.25, 0.3) is 10.9 Å². The highest BCUT2D eigenvalue weighted by Gasteiger charge is 2.19. The van der Waals surface area contributed by atoms with Gasteiger partial charge in [-0.1, -0.05) is 0 Å². The van der Waals surface area contributed by atoms with E-state index in [-0.39, 0.29) is 5.91 Å². The number of aromatic nitrogens is 3. The maximum Gasteiger partial charge on any atom is 0.241 e. The molecule has 0 bridgehead atoms. The Bertz CT molecular complexity index is 902. The monoisotopic (exact) mass is 350 g/mol. The van der Waals surface area contributed by atoms with Gasteiger partial charge in [-0.3, -0.25) is 9.78 Å². The van der Waals surface area contributed by atoms with Crippen LogP contribution < -0.4 is 16.0 Å². The molecule has 0 radical (unpaired) electrons. The molecule has 7 heteroatoms. The Balaban J connectivity index is 1.58. The fraction of sp³-hybridized carbons (Fsp3) is 0.316. The molecule has 4 rings (SSSR count). The Kier molecular flexibility index (Phi) is 4.53. The smallest absolute Gasteiger partial charge is 0.241 e. The van der Waals surface area contributed by atoms with Crippen LogP contribution in [-0.2, 0) is 11.2 Å². The van der Waals surface area contributed by atoms with Gasteiger partial charge in [-0.05, 0) is 37.1 Å². The molecule has 2 aromatic heterocycles. The molecule has 1 aromatic carbocycles. The highest BCUT2D eigenvalue weighted by molar-refractivity contribution is 6.06. The van der Waals surface area contributed by atoms with Gasteiger partial charge in [-0.25, -0.2) is 4.98 Å². The number of anilines is 2. The van der Waals surface area contributed by atoms with Crippen molar-refractivity contribution in [1.29, 1.82) is 0 Å². The summed E-state index contributed by atoms with van der Waals surface area (Å²) in [5.41, 5.74) is 9.65. The summed E-state index contributed by atoms with van der Waals surface area (Å²) in [5.74, 6) is -0.223. The number of benzene rings is 1. The minimum atomic E-state index is -0.652. The van der Waals surface area contributed by atoms with E-state index in [1.165, 1.54) is 12.8 Å². The molecule has 3 heterocycles. The summed E-state index contributed by atoms with van der Waals surface area (Å²) >= 11 is 0. The van der Waals surface area contributed by atoms with Gasteiger partial charge in [0.15, 0.2) is 0 Å². The first-order valence-electron chi connectivity index (χ1n) is 8.89. The van der Waals surface area contributed by atoms with Gasteiger partial charge >= 0.3 is 0 Å². The Hall–Kier alpha value is -2.93. The van der Waals surface area contributed by atoms with Gasteiger partial charge in [-0.15, -0.1) is 0 Å². The van der Waals surface area contributed by atoms with Crippen molar-refractivity contribution >= 4 is 28.2 Å². The van der Waals surface area contributed by atoms with Crippen molar-refractivity contribution in [3.8, 4) is 0 Å². The van der Waals surface area contributed by atoms with E-state index in [1.54, 1.807) is 18.7 Å². The highest BCUT2D eigenvalue weighted by Crippen LogP contribution is 2.32. The molecule has 4 N–H and O–H groups in total. The van der Waals surface area contributed by atoms with Crippen molar-refractivity contribution in [3.63, 3.8) is 0 Å². The van der Waals surface area contributed by atoms with Crippen LogP contribution in [0, 0.1) is 0 Å². The molecule has 0 spiro atoms. The number of rotatable bonds is 5. The van der Waals surface area contributed by atoms with E-state index in [2.05, 4.69) is 25.2 Å². The zero-order valence-corrected chi connectivity index (χ0v) is 14.5. The van der Waals surface area contributed by atoms with Crippen molar-refractivity contribution in [1.82, 2.24) is 15.0 Å². The van der Waals surface area contributed by atoms with E-state index in [4.69, 9.17) is 5.73 Å². The number of carbonyl (C=O) groups is 1. The topological polar surface area (TPSA) is 99.9 Å². The molecule has 0 aliphatic carbocycles. The molecular weight excluding hydrogens is 328 g/mol. The van der Waals surface area contributed by atoms with Crippen LogP contribution in [-0.4, -0.2) is 40.0 Å². The number of pyridine rings is 1. The highest BCUT2D eigenvalue weighted by atomic mass is 16.2. The predicted molar refractivity (Wildman–Crippen MR) is 102 cm³/mol. The molecule has 26 heavy (non-hydrogen) atoms. The lowest BCUT2D eigenvalue weighted by molar-refractivity contribution is -0.117. The summed E-state index contributed by atoms with van der Waals surface area (Å²) in [6.07, 6.45) is 7.86. The lowest BCUT2D eigenvalue weighted by Crippen LogP contribution is -2.37. The molecule has 0 saturated carbocycles. The van der Waals surface area contributed by atoms with Gasteiger partial charge in [0.2, 0.25) is 5.91 Å². The molecule has 134 valence electrons. The van der Waals surface area contributed by atoms with Crippen LogP contribution in [0.1, 0.15) is 18.5 Å². The Morgan fingerprint density at radius 2 is 2.15 bits per heavy atom. The summed E-state index contributed by atoms with van der Waals surface area (Å²) in [6.45, 7) is 2.10. The summed E-state index contributed by atoms with van der Waals surface area (Å²) in [7, 11) is 0. The van der Waals surface area contributed by atoms with E-state index in [1.807, 2.05) is 24.3 Å². The quantitative estimate of drug-likeness (QED) is 0.654. The number of hydrogen-bond donors (Lipinski definition) is 3. The molecule has 3 aromatic rings. The first kappa shape index (κ1) is 16.5. The summed E-state index contributed by atoms with van der Waals surface area (Å²) in [4.78, 5) is 26.4.